The van der Waals surface area contributed by atoms with Crippen LogP contribution in [0.15, 0.2) is 12.3 Å². The van der Waals surface area contributed by atoms with Gasteiger partial charge in [-0.05, 0) is 13.0 Å². The molecular weight excluding hydrogens is 236 g/mol. The highest BCUT2D eigenvalue weighted by molar-refractivity contribution is 5.95. The summed E-state index contributed by atoms with van der Waals surface area (Å²) in [5.74, 6) is -0.530. The molecule has 0 bridgehead atoms. The maximum absolute atomic E-state index is 11.4. The minimum Gasteiger partial charge on any atom is -0.465 e. The number of methoxy groups -OCH3 is 1. The van der Waals surface area contributed by atoms with Gasteiger partial charge < -0.3 is 21.5 Å². The first-order valence-corrected chi connectivity index (χ1v) is 5.32. The molecule has 98 valence electrons. The zero-order valence-corrected chi connectivity index (χ0v) is 10.3. The van der Waals surface area contributed by atoms with Gasteiger partial charge in [-0.15, -0.1) is 0 Å². The van der Waals surface area contributed by atoms with E-state index in [0.29, 0.717) is 5.82 Å². The first kappa shape index (κ1) is 13.8. The third kappa shape index (κ3) is 3.62. The summed E-state index contributed by atoms with van der Waals surface area (Å²) in [4.78, 5) is 26.2. The Balaban J connectivity index is 2.85. The van der Waals surface area contributed by atoms with Gasteiger partial charge in [0.25, 0.3) is 0 Å². The van der Waals surface area contributed by atoms with Gasteiger partial charge in [-0.1, -0.05) is 0 Å². The lowest BCUT2D eigenvalue weighted by Gasteiger charge is -2.13. The molecule has 0 aliphatic heterocycles. The fraction of sp³-hybridized carbons (Fsp3) is 0.364. The van der Waals surface area contributed by atoms with E-state index in [4.69, 9.17) is 11.5 Å². The number of nitrogens with one attached hydrogen (secondary N) is 1. The number of esters is 1. The highest BCUT2D eigenvalue weighted by Gasteiger charge is 2.13. The average Bonchev–Trinajstić information content (AvgIpc) is 2.29. The molecule has 0 aromatic carbocycles. The minimum absolute atomic E-state index is 0.166. The second kappa shape index (κ2) is 5.85. The predicted molar refractivity (Wildman–Crippen MR) is 66.9 cm³/mol. The van der Waals surface area contributed by atoms with E-state index in [1.54, 1.807) is 6.92 Å². The zero-order valence-electron chi connectivity index (χ0n) is 10.3. The normalized spacial score (nSPS) is 11.7. The van der Waals surface area contributed by atoms with Crippen molar-refractivity contribution in [2.45, 2.75) is 19.4 Å². The van der Waals surface area contributed by atoms with Gasteiger partial charge in [0.1, 0.15) is 5.82 Å². The summed E-state index contributed by atoms with van der Waals surface area (Å²) >= 11 is 0. The number of anilines is 2. The van der Waals surface area contributed by atoms with Crippen LogP contribution < -0.4 is 16.8 Å². The predicted octanol–water partition coefficient (Wildman–Crippen LogP) is 0.126. The quantitative estimate of drug-likeness (QED) is 0.640. The van der Waals surface area contributed by atoms with Crippen LogP contribution in [0.1, 0.15) is 23.7 Å². The Hall–Kier alpha value is -2.31. The maximum atomic E-state index is 11.4. The maximum Gasteiger partial charge on any atom is 0.340 e. The fourth-order valence-corrected chi connectivity index (χ4v) is 1.44. The Bertz CT molecular complexity index is 462. The van der Waals surface area contributed by atoms with Gasteiger partial charge >= 0.3 is 5.97 Å². The Morgan fingerprint density at radius 2 is 2.22 bits per heavy atom. The average molecular weight is 252 g/mol. The molecule has 1 rings (SSSR count). The van der Waals surface area contributed by atoms with Gasteiger partial charge in [-0.3, -0.25) is 4.79 Å². The van der Waals surface area contributed by atoms with Crippen molar-refractivity contribution in [3.05, 3.63) is 17.8 Å². The van der Waals surface area contributed by atoms with E-state index in [-0.39, 0.29) is 23.7 Å². The van der Waals surface area contributed by atoms with Gasteiger partial charge in [-0.2, -0.15) is 0 Å². The number of nitrogens with two attached hydrogens (primary N) is 2. The molecule has 0 spiro atoms. The summed E-state index contributed by atoms with van der Waals surface area (Å²) in [5.41, 5.74) is 11.1. The zero-order chi connectivity index (χ0) is 13.7. The molecule has 1 aromatic heterocycles. The highest BCUT2D eigenvalue weighted by atomic mass is 16.5. The lowest BCUT2D eigenvalue weighted by molar-refractivity contribution is -0.118. The topological polar surface area (TPSA) is 120 Å². The summed E-state index contributed by atoms with van der Waals surface area (Å²) in [5, 5.41) is 2.94. The Morgan fingerprint density at radius 3 is 2.78 bits per heavy atom. The third-order valence-corrected chi connectivity index (χ3v) is 2.24. The van der Waals surface area contributed by atoms with E-state index in [9.17, 15) is 9.59 Å². The van der Waals surface area contributed by atoms with Crippen molar-refractivity contribution in [3.8, 4) is 0 Å². The first-order chi connectivity index (χ1) is 8.43. The standard InChI is InChI=1S/C11H16N4O3/c1-6(3-9(13)16)15-10-4-7(11(17)18-2)8(12)5-14-10/h4-6H,3,12H2,1-2H3,(H2,13,16)(H,14,15). The van der Waals surface area contributed by atoms with E-state index in [0.717, 1.165) is 0 Å². The van der Waals surface area contributed by atoms with Crippen molar-refractivity contribution in [2.75, 3.05) is 18.2 Å². The van der Waals surface area contributed by atoms with Crippen LogP contribution in [0.5, 0.6) is 0 Å². The van der Waals surface area contributed by atoms with Crippen molar-refractivity contribution in [2.24, 2.45) is 5.73 Å². The minimum atomic E-state index is -0.541. The van der Waals surface area contributed by atoms with E-state index in [1.165, 1.54) is 19.4 Å². The molecule has 0 saturated heterocycles. The SMILES string of the molecule is COC(=O)c1cc(NC(C)CC(N)=O)ncc1N. The molecular formula is C11H16N4O3. The molecule has 0 aliphatic rings. The van der Waals surface area contributed by atoms with Gasteiger partial charge in [0, 0.05) is 12.5 Å². The number of hydrogen-bond acceptors (Lipinski definition) is 6. The molecule has 0 radical (unpaired) electrons. The Morgan fingerprint density at radius 1 is 1.56 bits per heavy atom. The van der Waals surface area contributed by atoms with Gasteiger partial charge in [-0.25, -0.2) is 9.78 Å². The van der Waals surface area contributed by atoms with Gasteiger partial charge in [0.05, 0.1) is 24.6 Å². The second-order valence-corrected chi connectivity index (χ2v) is 3.86. The van der Waals surface area contributed by atoms with Crippen LogP contribution in [0.25, 0.3) is 0 Å². The fourth-order valence-electron chi connectivity index (χ4n) is 1.44. The highest BCUT2D eigenvalue weighted by Crippen LogP contribution is 2.16. The van der Waals surface area contributed by atoms with E-state index < -0.39 is 11.9 Å². The van der Waals surface area contributed by atoms with Crippen LogP contribution in [0.4, 0.5) is 11.5 Å². The molecule has 7 nitrogen and oxygen atoms in total. The van der Waals surface area contributed by atoms with Gasteiger partial charge in [0.2, 0.25) is 5.91 Å². The molecule has 1 atom stereocenters. The smallest absolute Gasteiger partial charge is 0.340 e. The molecule has 7 heteroatoms. The summed E-state index contributed by atoms with van der Waals surface area (Å²) in [6.07, 6.45) is 1.52. The van der Waals surface area contributed by atoms with E-state index in [1.807, 2.05) is 0 Å². The Kier molecular flexibility index (Phi) is 4.47. The van der Waals surface area contributed by atoms with Crippen LogP contribution in [0, 0.1) is 0 Å². The second-order valence-electron chi connectivity index (χ2n) is 3.86. The molecule has 1 amide bonds. The van der Waals surface area contributed by atoms with Crippen molar-refractivity contribution < 1.29 is 14.3 Å². The molecule has 1 unspecified atom stereocenters. The number of rotatable bonds is 5. The number of amides is 1. The van der Waals surface area contributed by atoms with Crippen molar-refractivity contribution in [1.29, 1.82) is 0 Å². The number of ether oxygens (including phenoxy) is 1. The number of aromatic nitrogens is 1. The number of hydrogen-bond donors (Lipinski definition) is 3. The van der Waals surface area contributed by atoms with Crippen molar-refractivity contribution >= 4 is 23.4 Å². The van der Waals surface area contributed by atoms with E-state index in [2.05, 4.69) is 15.0 Å². The summed E-state index contributed by atoms with van der Waals surface area (Å²) in [7, 11) is 1.27. The lowest BCUT2D eigenvalue weighted by atomic mass is 10.2. The summed E-state index contributed by atoms with van der Waals surface area (Å²) in [6, 6.07) is 1.28. The molecule has 0 fully saturated rings. The molecule has 1 heterocycles. The molecule has 1 aromatic rings. The largest absolute Gasteiger partial charge is 0.465 e. The monoisotopic (exact) mass is 252 g/mol. The van der Waals surface area contributed by atoms with Crippen LogP contribution in [-0.4, -0.2) is 30.0 Å². The lowest BCUT2D eigenvalue weighted by Crippen LogP contribution is -2.24. The van der Waals surface area contributed by atoms with Crippen LogP contribution in [-0.2, 0) is 9.53 Å². The number of primary amides is 1. The molecule has 18 heavy (non-hydrogen) atoms. The van der Waals surface area contributed by atoms with Crippen LogP contribution in [0.2, 0.25) is 0 Å². The van der Waals surface area contributed by atoms with Crippen LogP contribution in [0.3, 0.4) is 0 Å². The number of carbonyl (C=O) groups excluding carboxylic acids is 2. The molecule has 0 saturated carbocycles. The van der Waals surface area contributed by atoms with Gasteiger partial charge in [0.15, 0.2) is 0 Å². The number of carbonyl (C=O) groups is 2. The third-order valence-electron chi connectivity index (χ3n) is 2.24. The van der Waals surface area contributed by atoms with E-state index >= 15 is 0 Å². The summed E-state index contributed by atoms with van der Waals surface area (Å²) in [6.45, 7) is 1.78. The first-order valence-electron chi connectivity index (χ1n) is 5.32. The Labute approximate surface area is 105 Å². The molecule has 5 N–H and O–H groups in total. The summed E-state index contributed by atoms with van der Waals surface area (Å²) < 4.78 is 4.59. The van der Waals surface area contributed by atoms with Crippen LogP contribution >= 0.6 is 0 Å². The van der Waals surface area contributed by atoms with Crippen molar-refractivity contribution in [1.82, 2.24) is 4.98 Å². The number of nitrogens with zero attached hydrogens (tertiary/aromatic N) is 1. The van der Waals surface area contributed by atoms with Crippen molar-refractivity contribution in [3.63, 3.8) is 0 Å². The molecule has 0 aliphatic carbocycles. The number of pyridine rings is 1. The number of nitrogen functional groups attached to an aromatic ring is 1.